The molecule has 0 aromatic heterocycles. The van der Waals surface area contributed by atoms with Crippen LogP contribution < -0.4 is 5.32 Å². The molecule has 0 spiro atoms. The van der Waals surface area contributed by atoms with Gasteiger partial charge in [-0.2, -0.15) is 0 Å². The molecule has 2 heteroatoms. The number of rotatable bonds is 7. The number of likely N-dealkylation sites (N-methyl/N-ethyl adjacent to an activating group) is 1. The van der Waals surface area contributed by atoms with Gasteiger partial charge in [0.1, 0.15) is 0 Å². The van der Waals surface area contributed by atoms with Gasteiger partial charge in [0.05, 0.1) is 5.60 Å². The Labute approximate surface area is 101 Å². The summed E-state index contributed by atoms with van der Waals surface area (Å²) in [5.41, 5.74) is 0.0466. The zero-order valence-electron chi connectivity index (χ0n) is 11.5. The van der Waals surface area contributed by atoms with Crippen molar-refractivity contribution in [2.24, 2.45) is 5.92 Å². The van der Waals surface area contributed by atoms with Crippen molar-refractivity contribution in [1.29, 1.82) is 0 Å². The van der Waals surface area contributed by atoms with Crippen LogP contribution in [0.15, 0.2) is 0 Å². The first-order valence-electron chi connectivity index (χ1n) is 7.02. The Hall–Kier alpha value is -0.0800. The molecular formula is C14H29NO. The van der Waals surface area contributed by atoms with E-state index in [4.69, 9.17) is 4.74 Å². The second-order valence-electron chi connectivity index (χ2n) is 5.06. The molecule has 1 saturated carbocycles. The standard InChI is InChI=1S/C14H29NO/c1-5-14(6-2,16-4)13(15-7-3)12-10-8-9-11-12/h12-13,15H,5-11H2,1-4H3. The predicted molar refractivity (Wildman–Crippen MR) is 69.7 cm³/mol. The first kappa shape index (κ1) is 14.0. The first-order chi connectivity index (χ1) is 7.74. The molecule has 0 aromatic carbocycles. The number of methoxy groups -OCH3 is 1. The van der Waals surface area contributed by atoms with Gasteiger partial charge in [0.15, 0.2) is 0 Å². The third kappa shape index (κ3) is 2.78. The summed E-state index contributed by atoms with van der Waals surface area (Å²) in [6, 6.07) is 0.542. The molecule has 1 aliphatic rings. The smallest absolute Gasteiger partial charge is 0.0828 e. The molecule has 1 aliphatic carbocycles. The fourth-order valence-electron chi connectivity index (χ4n) is 3.40. The van der Waals surface area contributed by atoms with Crippen LogP contribution in [0.5, 0.6) is 0 Å². The Morgan fingerprint density at radius 2 is 1.75 bits per heavy atom. The van der Waals surface area contributed by atoms with Crippen molar-refractivity contribution in [1.82, 2.24) is 5.32 Å². The van der Waals surface area contributed by atoms with Crippen LogP contribution in [0, 0.1) is 5.92 Å². The highest BCUT2D eigenvalue weighted by Gasteiger charge is 2.40. The normalized spacial score (nSPS) is 20.2. The summed E-state index contributed by atoms with van der Waals surface area (Å²) in [6.45, 7) is 7.76. The maximum absolute atomic E-state index is 5.90. The van der Waals surface area contributed by atoms with E-state index >= 15 is 0 Å². The summed E-state index contributed by atoms with van der Waals surface area (Å²) in [4.78, 5) is 0. The number of nitrogens with one attached hydrogen (secondary N) is 1. The SMILES string of the molecule is CCNC(C1CCCC1)C(CC)(CC)OC. The monoisotopic (exact) mass is 227 g/mol. The van der Waals surface area contributed by atoms with Gasteiger partial charge in [-0.3, -0.25) is 0 Å². The van der Waals surface area contributed by atoms with Crippen LogP contribution >= 0.6 is 0 Å². The van der Waals surface area contributed by atoms with Crippen molar-refractivity contribution in [3.8, 4) is 0 Å². The zero-order chi connectivity index (χ0) is 12.0. The van der Waals surface area contributed by atoms with Gasteiger partial charge in [0.2, 0.25) is 0 Å². The molecule has 0 radical (unpaired) electrons. The van der Waals surface area contributed by atoms with Crippen LogP contribution in [0.2, 0.25) is 0 Å². The zero-order valence-corrected chi connectivity index (χ0v) is 11.5. The Balaban J connectivity index is 2.79. The fraction of sp³-hybridized carbons (Fsp3) is 1.00. The van der Waals surface area contributed by atoms with Crippen LogP contribution in [-0.2, 0) is 4.74 Å². The summed E-state index contributed by atoms with van der Waals surface area (Å²) < 4.78 is 5.90. The lowest BCUT2D eigenvalue weighted by Crippen LogP contribution is -2.55. The Morgan fingerprint density at radius 1 is 1.19 bits per heavy atom. The molecule has 96 valence electrons. The van der Waals surface area contributed by atoms with E-state index < -0.39 is 0 Å². The lowest BCUT2D eigenvalue weighted by molar-refractivity contribution is -0.0619. The fourth-order valence-corrected chi connectivity index (χ4v) is 3.40. The molecule has 1 N–H and O–H groups in total. The van der Waals surface area contributed by atoms with Gasteiger partial charge in [-0.15, -0.1) is 0 Å². The van der Waals surface area contributed by atoms with Crippen LogP contribution in [-0.4, -0.2) is 25.3 Å². The molecule has 1 atom stereocenters. The number of ether oxygens (including phenoxy) is 1. The Morgan fingerprint density at radius 3 is 2.12 bits per heavy atom. The lowest BCUT2D eigenvalue weighted by Gasteiger charge is -2.42. The summed E-state index contributed by atoms with van der Waals surface area (Å²) in [7, 11) is 1.88. The van der Waals surface area contributed by atoms with Crippen molar-refractivity contribution in [3.63, 3.8) is 0 Å². The van der Waals surface area contributed by atoms with Gasteiger partial charge in [-0.25, -0.2) is 0 Å². The molecule has 0 aromatic rings. The minimum absolute atomic E-state index is 0.0466. The van der Waals surface area contributed by atoms with E-state index in [0.717, 1.165) is 25.3 Å². The van der Waals surface area contributed by atoms with Gasteiger partial charge >= 0.3 is 0 Å². The Kier molecular flexibility index (Phi) is 5.77. The van der Waals surface area contributed by atoms with Crippen molar-refractivity contribution < 1.29 is 4.74 Å². The topological polar surface area (TPSA) is 21.3 Å². The molecule has 16 heavy (non-hydrogen) atoms. The van der Waals surface area contributed by atoms with Gasteiger partial charge in [0.25, 0.3) is 0 Å². The molecule has 1 rings (SSSR count). The Bertz CT molecular complexity index is 175. The van der Waals surface area contributed by atoms with Crippen LogP contribution in [0.3, 0.4) is 0 Å². The average Bonchev–Trinajstić information content (AvgIpc) is 2.84. The minimum Gasteiger partial charge on any atom is -0.377 e. The molecular weight excluding hydrogens is 198 g/mol. The van der Waals surface area contributed by atoms with Gasteiger partial charge < -0.3 is 10.1 Å². The molecule has 0 aliphatic heterocycles. The third-order valence-electron chi connectivity index (χ3n) is 4.47. The summed E-state index contributed by atoms with van der Waals surface area (Å²) in [6.07, 6.45) is 7.77. The molecule has 0 bridgehead atoms. The molecule has 0 amide bonds. The maximum atomic E-state index is 5.90. The molecule has 0 heterocycles. The van der Waals surface area contributed by atoms with E-state index in [-0.39, 0.29) is 5.60 Å². The highest BCUT2D eigenvalue weighted by Crippen LogP contribution is 2.36. The second-order valence-corrected chi connectivity index (χ2v) is 5.06. The maximum Gasteiger partial charge on any atom is 0.0828 e. The average molecular weight is 227 g/mol. The van der Waals surface area contributed by atoms with E-state index in [0.29, 0.717) is 6.04 Å². The van der Waals surface area contributed by atoms with E-state index in [2.05, 4.69) is 26.1 Å². The van der Waals surface area contributed by atoms with Crippen LogP contribution in [0.1, 0.15) is 59.3 Å². The third-order valence-corrected chi connectivity index (χ3v) is 4.47. The van der Waals surface area contributed by atoms with Crippen molar-refractivity contribution in [2.45, 2.75) is 70.9 Å². The predicted octanol–water partition coefficient (Wildman–Crippen LogP) is 3.36. The van der Waals surface area contributed by atoms with Crippen LogP contribution in [0.25, 0.3) is 0 Å². The summed E-state index contributed by atoms with van der Waals surface area (Å²) in [5, 5.41) is 3.69. The lowest BCUT2D eigenvalue weighted by atomic mass is 9.79. The number of hydrogen-bond donors (Lipinski definition) is 1. The largest absolute Gasteiger partial charge is 0.377 e. The van der Waals surface area contributed by atoms with Gasteiger partial charge in [-0.05, 0) is 38.1 Å². The molecule has 1 fully saturated rings. The first-order valence-corrected chi connectivity index (χ1v) is 7.02. The van der Waals surface area contributed by atoms with E-state index in [1.807, 2.05) is 7.11 Å². The quantitative estimate of drug-likeness (QED) is 0.720. The number of hydrogen-bond acceptors (Lipinski definition) is 2. The summed E-state index contributed by atoms with van der Waals surface area (Å²) >= 11 is 0. The highest BCUT2D eigenvalue weighted by atomic mass is 16.5. The van der Waals surface area contributed by atoms with E-state index in [1.165, 1.54) is 25.7 Å². The molecule has 0 saturated heterocycles. The van der Waals surface area contributed by atoms with Crippen molar-refractivity contribution in [3.05, 3.63) is 0 Å². The van der Waals surface area contributed by atoms with Gasteiger partial charge in [0, 0.05) is 13.2 Å². The van der Waals surface area contributed by atoms with Crippen LogP contribution in [0.4, 0.5) is 0 Å². The van der Waals surface area contributed by atoms with Crippen molar-refractivity contribution in [2.75, 3.05) is 13.7 Å². The second kappa shape index (κ2) is 6.61. The minimum atomic E-state index is 0.0466. The van der Waals surface area contributed by atoms with Gasteiger partial charge in [-0.1, -0.05) is 33.6 Å². The highest BCUT2D eigenvalue weighted by molar-refractivity contribution is 4.96. The molecule has 2 nitrogen and oxygen atoms in total. The van der Waals surface area contributed by atoms with E-state index in [1.54, 1.807) is 0 Å². The summed E-state index contributed by atoms with van der Waals surface area (Å²) in [5.74, 6) is 0.819. The molecule has 1 unspecified atom stereocenters. The van der Waals surface area contributed by atoms with E-state index in [9.17, 15) is 0 Å². The van der Waals surface area contributed by atoms with Crippen molar-refractivity contribution >= 4 is 0 Å².